The maximum absolute atomic E-state index is 10.2. The molecule has 37 heavy (non-hydrogen) atoms. The summed E-state index contributed by atoms with van der Waals surface area (Å²) in [6.07, 6.45) is 7.35. The molecule has 5 N–H and O–H groups in total. The van der Waals surface area contributed by atoms with Crippen LogP contribution in [0.25, 0.3) is 0 Å². The summed E-state index contributed by atoms with van der Waals surface area (Å²) in [4.78, 5) is 7.35. The summed E-state index contributed by atoms with van der Waals surface area (Å²) in [5.41, 5.74) is 3.85. The maximum atomic E-state index is 10.2. The van der Waals surface area contributed by atoms with Gasteiger partial charge in [0.15, 0.2) is 0 Å². The van der Waals surface area contributed by atoms with Crippen molar-refractivity contribution in [3.8, 4) is 5.75 Å². The number of benzene rings is 1. The third kappa shape index (κ3) is 15.6. The van der Waals surface area contributed by atoms with Crippen molar-refractivity contribution in [3.63, 3.8) is 0 Å². The third-order valence-electron chi connectivity index (χ3n) is 5.21. The van der Waals surface area contributed by atoms with Crippen LogP contribution >= 0.6 is 0 Å². The number of allylic oxidation sites excluding steroid dienone is 2. The number of rotatable bonds is 12. The summed E-state index contributed by atoms with van der Waals surface area (Å²) in [6.45, 7) is 11.4. The van der Waals surface area contributed by atoms with E-state index in [0.29, 0.717) is 12.2 Å². The minimum absolute atomic E-state index is 0. The molecule has 0 heterocycles. The number of nitrogens with one attached hydrogen (secondary N) is 1. The van der Waals surface area contributed by atoms with Crippen molar-refractivity contribution in [2.75, 3.05) is 33.3 Å². The van der Waals surface area contributed by atoms with Crippen LogP contribution in [0.1, 0.15) is 47.0 Å². The second-order valence-corrected chi connectivity index (χ2v) is 7.97. The monoisotopic (exact) mass is 594 g/mol. The molecule has 1 unspecified atom stereocenters. The van der Waals surface area contributed by atoms with Crippen LogP contribution in [0.4, 0.5) is 0 Å². The van der Waals surface area contributed by atoms with Crippen molar-refractivity contribution in [2.45, 2.75) is 53.1 Å². The zero-order valence-corrected chi connectivity index (χ0v) is 26.3. The molecule has 1 aliphatic carbocycles. The van der Waals surface area contributed by atoms with Gasteiger partial charge in [0.2, 0.25) is 0 Å². The van der Waals surface area contributed by atoms with Crippen molar-refractivity contribution in [3.05, 3.63) is 79.6 Å². The predicted octanol–water partition coefficient (Wildman–Crippen LogP) is 5.52. The van der Waals surface area contributed by atoms with Crippen molar-refractivity contribution in [1.82, 2.24) is 10.2 Å². The van der Waals surface area contributed by atoms with Gasteiger partial charge in [-0.25, -0.2) is 0 Å². The Bertz CT molecular complexity index is 816. The van der Waals surface area contributed by atoms with Gasteiger partial charge in [-0.1, -0.05) is 38.1 Å². The fourth-order valence-corrected chi connectivity index (χ4v) is 3.69. The Kier molecular flexibility index (Phi) is 27.0. The minimum atomic E-state index is -0.0503. The molecule has 1 aromatic rings. The number of aliphatic imine (C=N–C) groups is 1. The molecule has 2 rings (SSSR count). The number of aliphatic hydroxyl groups excluding tert-OH is 2. The predicted molar refractivity (Wildman–Crippen MR) is 150 cm³/mol. The van der Waals surface area contributed by atoms with E-state index in [0.717, 1.165) is 63.0 Å². The van der Waals surface area contributed by atoms with Gasteiger partial charge in [0.1, 0.15) is 17.6 Å². The third-order valence-corrected chi connectivity index (χ3v) is 5.21. The van der Waals surface area contributed by atoms with Gasteiger partial charge in [-0.15, -0.1) is 0 Å². The van der Waals surface area contributed by atoms with Crippen molar-refractivity contribution in [1.29, 1.82) is 0 Å². The molecule has 0 fully saturated rings. The van der Waals surface area contributed by atoms with Crippen molar-refractivity contribution >= 4 is 5.71 Å². The Morgan fingerprint density at radius 3 is 2.19 bits per heavy atom. The summed E-state index contributed by atoms with van der Waals surface area (Å²) >= 11 is 0. The van der Waals surface area contributed by atoms with E-state index in [4.69, 9.17) is 25.4 Å². The van der Waals surface area contributed by atoms with Crippen LogP contribution in [0, 0.1) is 14.5 Å². The molecular formula is C28H47N3O5Y-2. The van der Waals surface area contributed by atoms with Crippen LogP contribution in [0.3, 0.4) is 0 Å². The molecule has 0 bridgehead atoms. The standard InChI is InChI=1S/C26H38N3O2.CH4O.CH3.H2O2.Y/c1-6-15-29(16-7-2)19-26(28-25(18-27-5)21(4)30)24-17-23(14-13-20(24)3)31-22-11-9-8-10-12-22;1-2;;1-2;/h8-13,17,23,27,30H,5-7,14-16,18-19H2,1-4H3;2H,1H3;1H3;1-2H;/q-1;;-1;;/b25-21+,28-26?;;;;. The second kappa shape index (κ2) is 24.9. The van der Waals surface area contributed by atoms with E-state index < -0.39 is 0 Å². The molecule has 1 aromatic carbocycles. The number of aliphatic hydroxyl groups is 2. The van der Waals surface area contributed by atoms with Crippen molar-refractivity contribution in [2.24, 2.45) is 4.99 Å². The molecule has 0 saturated carbocycles. The van der Waals surface area contributed by atoms with Crippen LogP contribution in [0.5, 0.6) is 5.75 Å². The van der Waals surface area contributed by atoms with Gasteiger partial charge in [0.25, 0.3) is 0 Å². The van der Waals surface area contributed by atoms with Gasteiger partial charge < -0.3 is 27.7 Å². The van der Waals surface area contributed by atoms with Crippen molar-refractivity contribution < 1.29 is 58.2 Å². The number of hydrogen-bond acceptors (Lipinski definition) is 8. The number of nitrogens with zero attached hydrogens (tertiary/aromatic N) is 2. The quantitative estimate of drug-likeness (QED) is 0.0712. The Morgan fingerprint density at radius 2 is 1.70 bits per heavy atom. The zero-order valence-electron chi connectivity index (χ0n) is 23.4. The van der Waals surface area contributed by atoms with Crippen LogP contribution in [0.2, 0.25) is 0 Å². The summed E-state index contributed by atoms with van der Waals surface area (Å²) in [7, 11) is 4.70. The van der Waals surface area contributed by atoms with E-state index in [1.54, 1.807) is 6.92 Å². The molecule has 1 radical (unpaired) electrons. The summed E-state index contributed by atoms with van der Waals surface area (Å²) in [6, 6.07) is 9.91. The number of ether oxygens (including phenoxy) is 1. The molecule has 0 aromatic heterocycles. The van der Waals surface area contributed by atoms with E-state index in [-0.39, 0.29) is 52.0 Å². The number of para-hydroxylation sites is 1. The molecule has 0 spiro atoms. The Labute approximate surface area is 249 Å². The summed E-state index contributed by atoms with van der Waals surface area (Å²) < 4.78 is 6.21. The average Bonchev–Trinajstić information content (AvgIpc) is 2.87. The molecule has 9 heteroatoms. The first-order valence-electron chi connectivity index (χ1n) is 11.9. The van der Waals surface area contributed by atoms with Gasteiger partial charge in [0, 0.05) is 59.3 Å². The van der Waals surface area contributed by atoms with Gasteiger partial charge in [0.05, 0.1) is 11.4 Å². The van der Waals surface area contributed by atoms with Gasteiger partial charge in [-0.05, 0) is 69.1 Å². The van der Waals surface area contributed by atoms with Gasteiger partial charge >= 0.3 is 0 Å². The Morgan fingerprint density at radius 1 is 1.14 bits per heavy atom. The second-order valence-electron chi connectivity index (χ2n) is 7.97. The van der Waals surface area contributed by atoms with E-state index >= 15 is 0 Å². The van der Waals surface area contributed by atoms with E-state index in [1.807, 2.05) is 30.3 Å². The van der Waals surface area contributed by atoms with Gasteiger partial charge in [-0.3, -0.25) is 27.5 Å². The van der Waals surface area contributed by atoms with Crippen LogP contribution in [-0.2, 0) is 32.7 Å². The van der Waals surface area contributed by atoms with Crippen LogP contribution in [-0.4, -0.2) is 70.7 Å². The fraction of sp³-hybridized carbons (Fsp3) is 0.464. The number of hydrogen-bond donors (Lipinski definition) is 5. The first-order chi connectivity index (χ1) is 17.0. The minimum Gasteiger partial charge on any atom is -0.511 e. The van der Waals surface area contributed by atoms with E-state index in [9.17, 15) is 5.11 Å². The topological polar surface area (TPSA) is 118 Å². The molecule has 1 aliphatic rings. The molecule has 0 aliphatic heterocycles. The Balaban J connectivity index is -0.00000183. The normalized spacial score (nSPS) is 15.3. The summed E-state index contributed by atoms with van der Waals surface area (Å²) in [5.74, 6) is 1.07. The molecule has 0 saturated heterocycles. The molecule has 1 atom stereocenters. The first kappa shape index (κ1) is 40.1. The van der Waals surface area contributed by atoms with Gasteiger partial charge in [-0.2, -0.15) is 0 Å². The van der Waals surface area contributed by atoms with E-state index in [1.165, 1.54) is 5.57 Å². The Hall–Kier alpha value is -1.39. The first-order valence-corrected chi connectivity index (χ1v) is 11.9. The zero-order chi connectivity index (χ0) is 26.6. The maximum Gasteiger partial charge on any atom is 0.121 e. The average molecular weight is 595 g/mol. The smallest absolute Gasteiger partial charge is 0.121 e. The molecule has 0 amide bonds. The molecule has 209 valence electrons. The SMILES string of the molecule is CO.OO.[CH2-]NC/C(N=C(CN(CCC)CCC)C1=CC(Oc2ccccc2)CC=C1C)=C(/C)O.[CH3-].[Y]. The molecular weight excluding hydrogens is 547 g/mol. The fourth-order valence-electron chi connectivity index (χ4n) is 3.69. The van der Waals surface area contributed by atoms with Crippen LogP contribution < -0.4 is 10.1 Å². The van der Waals surface area contributed by atoms with Crippen LogP contribution in [0.15, 0.2) is 70.1 Å². The largest absolute Gasteiger partial charge is 0.511 e. The van der Waals surface area contributed by atoms with E-state index in [2.05, 4.69) is 50.2 Å². The summed E-state index contributed by atoms with van der Waals surface area (Å²) in [5, 5.41) is 32.0. The molecule has 8 nitrogen and oxygen atoms in total.